The molecular formula is C3H8OPb. The van der Waals surface area contributed by atoms with E-state index in [4.69, 9.17) is 0 Å². The van der Waals surface area contributed by atoms with Gasteiger partial charge in [0.15, 0.2) is 0 Å². The molecule has 0 aromatic heterocycles. The second kappa shape index (κ2) is 8.82. The standard InChI is InChI=1S/C3H6O.Pb.2H/c1-2-3-4;;;/h3H,2H2,1H3;;;. The molecule has 0 aliphatic rings. The zero-order valence-electron chi connectivity index (χ0n) is 3.40. The summed E-state index contributed by atoms with van der Waals surface area (Å²) in [4.78, 5) is 9.17. The van der Waals surface area contributed by atoms with Gasteiger partial charge in [0.1, 0.15) is 6.29 Å². The Hall–Kier alpha value is 0.592. The Morgan fingerprint density at radius 2 is 2.00 bits per heavy atom. The van der Waals surface area contributed by atoms with E-state index in [1.54, 1.807) is 0 Å². The van der Waals surface area contributed by atoms with Gasteiger partial charge < -0.3 is 4.79 Å². The van der Waals surface area contributed by atoms with Crippen molar-refractivity contribution in [2.24, 2.45) is 0 Å². The molecular weight excluding hydrogens is 259 g/mol. The first-order chi connectivity index (χ1) is 1.91. The molecule has 0 saturated heterocycles. The molecule has 0 aromatic carbocycles. The summed E-state index contributed by atoms with van der Waals surface area (Å²) in [6.07, 6.45) is 1.51. The van der Waals surface area contributed by atoms with Crippen LogP contribution in [0.4, 0.5) is 0 Å². The number of aldehydes is 1. The van der Waals surface area contributed by atoms with Gasteiger partial charge in [0.05, 0.1) is 0 Å². The van der Waals surface area contributed by atoms with Crippen molar-refractivity contribution in [3.63, 3.8) is 0 Å². The minimum absolute atomic E-state index is 0. The van der Waals surface area contributed by atoms with Crippen molar-refractivity contribution in [3.05, 3.63) is 0 Å². The molecule has 2 radical (unpaired) electrons. The summed E-state index contributed by atoms with van der Waals surface area (Å²) in [5, 5.41) is 0. The molecule has 0 aliphatic heterocycles. The van der Waals surface area contributed by atoms with E-state index in [-0.39, 0.29) is 27.3 Å². The third-order valence-corrected chi connectivity index (χ3v) is 0.167. The second-order valence-electron chi connectivity index (χ2n) is 0.575. The summed E-state index contributed by atoms with van der Waals surface area (Å²) < 4.78 is 0. The van der Waals surface area contributed by atoms with Crippen LogP contribution in [-0.2, 0) is 4.79 Å². The summed E-state index contributed by atoms with van der Waals surface area (Å²) in [5.41, 5.74) is 0. The second-order valence-corrected chi connectivity index (χ2v) is 0.575. The Labute approximate surface area is 51.9 Å². The Morgan fingerprint density at radius 3 is 2.00 bits per heavy atom. The molecule has 30 valence electrons. The van der Waals surface area contributed by atoms with Crippen LogP contribution >= 0.6 is 0 Å². The van der Waals surface area contributed by atoms with Crippen molar-refractivity contribution in [1.29, 1.82) is 0 Å². The fourth-order valence-corrected chi connectivity index (χ4v) is 0. The molecule has 0 N–H and O–H groups in total. The fraction of sp³-hybridized carbons (Fsp3) is 0.667. The quantitative estimate of drug-likeness (QED) is 0.470. The van der Waals surface area contributed by atoms with Crippen LogP contribution in [0.25, 0.3) is 0 Å². The molecule has 0 spiro atoms. The van der Waals surface area contributed by atoms with Crippen LogP contribution < -0.4 is 0 Å². The van der Waals surface area contributed by atoms with Crippen molar-refractivity contribution in [3.8, 4) is 0 Å². The molecule has 0 atom stereocenters. The van der Waals surface area contributed by atoms with Crippen LogP contribution in [0.15, 0.2) is 0 Å². The van der Waals surface area contributed by atoms with Crippen LogP contribution in [0.1, 0.15) is 13.3 Å². The number of carbonyl (C=O) groups excluding carboxylic acids is 1. The van der Waals surface area contributed by atoms with E-state index < -0.39 is 0 Å². The minimum atomic E-state index is 0. The van der Waals surface area contributed by atoms with E-state index in [1.807, 2.05) is 6.92 Å². The van der Waals surface area contributed by atoms with Gasteiger partial charge in [-0.1, -0.05) is 6.92 Å². The van der Waals surface area contributed by atoms with E-state index in [0.717, 1.165) is 6.29 Å². The third-order valence-electron chi connectivity index (χ3n) is 0.167. The maximum atomic E-state index is 9.17. The Bertz CT molecular complexity index is 20.9. The van der Waals surface area contributed by atoms with Crippen LogP contribution in [0, 0.1) is 0 Å². The van der Waals surface area contributed by atoms with E-state index in [0.29, 0.717) is 6.42 Å². The van der Waals surface area contributed by atoms with Gasteiger partial charge in [-0.15, -0.1) is 0 Å². The Morgan fingerprint density at radius 1 is 1.80 bits per heavy atom. The third kappa shape index (κ3) is 12.2. The number of rotatable bonds is 1. The summed E-state index contributed by atoms with van der Waals surface area (Å²) in [6, 6.07) is 0. The van der Waals surface area contributed by atoms with Crippen molar-refractivity contribution in [2.45, 2.75) is 13.3 Å². The molecule has 0 saturated carbocycles. The predicted octanol–water partition coefficient (Wildman–Crippen LogP) is -0.321. The molecule has 2 heteroatoms. The molecule has 0 aliphatic carbocycles. The molecule has 0 unspecified atom stereocenters. The average molecular weight is 267 g/mol. The van der Waals surface area contributed by atoms with Crippen LogP contribution in [0.3, 0.4) is 0 Å². The van der Waals surface area contributed by atoms with E-state index in [1.165, 1.54) is 0 Å². The van der Waals surface area contributed by atoms with Crippen LogP contribution in [0.2, 0.25) is 0 Å². The molecule has 0 rings (SSSR count). The predicted molar refractivity (Wildman–Crippen MR) is 24.9 cm³/mol. The van der Waals surface area contributed by atoms with Gasteiger partial charge in [0, 0.05) is 6.42 Å². The maximum absolute atomic E-state index is 9.17. The number of hydrogen-bond donors (Lipinski definition) is 0. The van der Waals surface area contributed by atoms with Gasteiger partial charge in [0.2, 0.25) is 0 Å². The summed E-state index contributed by atoms with van der Waals surface area (Å²) in [6.45, 7) is 1.81. The average Bonchev–Trinajstić information content (AvgIpc) is 1.37. The molecule has 0 amide bonds. The molecule has 0 aromatic rings. The molecule has 0 fully saturated rings. The van der Waals surface area contributed by atoms with Gasteiger partial charge in [0.25, 0.3) is 0 Å². The number of carbonyl (C=O) groups is 1. The van der Waals surface area contributed by atoms with E-state index in [9.17, 15) is 4.79 Å². The molecule has 0 heterocycles. The Kier molecular flexibility index (Phi) is 16.1. The van der Waals surface area contributed by atoms with Crippen molar-refractivity contribution < 1.29 is 4.79 Å². The normalized spacial score (nSPS) is 5.00. The Balaban J connectivity index is 0. The first kappa shape index (κ1) is 9.14. The van der Waals surface area contributed by atoms with Gasteiger partial charge >= 0.3 is 27.3 Å². The van der Waals surface area contributed by atoms with Gasteiger partial charge in [-0.25, -0.2) is 0 Å². The van der Waals surface area contributed by atoms with Crippen molar-refractivity contribution >= 4 is 33.6 Å². The zero-order chi connectivity index (χ0) is 3.41. The van der Waals surface area contributed by atoms with E-state index in [2.05, 4.69) is 0 Å². The molecule has 1 nitrogen and oxygen atoms in total. The zero-order valence-corrected chi connectivity index (χ0v) is 8.90. The van der Waals surface area contributed by atoms with E-state index >= 15 is 0 Å². The van der Waals surface area contributed by atoms with Gasteiger partial charge in [-0.05, 0) is 0 Å². The monoisotopic (exact) mass is 268 g/mol. The SMILES string of the molecule is CCC=O.[PbH2]. The molecule has 5 heavy (non-hydrogen) atoms. The summed E-state index contributed by atoms with van der Waals surface area (Å²) in [5.74, 6) is 0. The summed E-state index contributed by atoms with van der Waals surface area (Å²) >= 11 is 0. The first-order valence-electron chi connectivity index (χ1n) is 1.35. The fourth-order valence-electron chi connectivity index (χ4n) is 0. The van der Waals surface area contributed by atoms with Crippen LogP contribution in [0.5, 0.6) is 0 Å². The van der Waals surface area contributed by atoms with Crippen LogP contribution in [-0.4, -0.2) is 33.6 Å². The summed E-state index contributed by atoms with van der Waals surface area (Å²) in [7, 11) is 0. The van der Waals surface area contributed by atoms with Crippen molar-refractivity contribution in [1.82, 2.24) is 0 Å². The van der Waals surface area contributed by atoms with Crippen molar-refractivity contribution in [2.75, 3.05) is 0 Å². The van der Waals surface area contributed by atoms with Gasteiger partial charge in [-0.3, -0.25) is 0 Å². The number of hydrogen-bond acceptors (Lipinski definition) is 1. The van der Waals surface area contributed by atoms with Gasteiger partial charge in [-0.2, -0.15) is 0 Å². The first-order valence-corrected chi connectivity index (χ1v) is 1.35. The topological polar surface area (TPSA) is 17.1 Å². The molecule has 0 bridgehead atoms.